The van der Waals surface area contributed by atoms with Crippen LogP contribution >= 0.6 is 0 Å². The molecule has 3 nitrogen and oxygen atoms in total. The summed E-state index contributed by atoms with van der Waals surface area (Å²) in [6.45, 7) is 4.03. The highest BCUT2D eigenvalue weighted by Crippen LogP contribution is 2.07. The van der Waals surface area contributed by atoms with Crippen molar-refractivity contribution >= 4 is 5.91 Å². The van der Waals surface area contributed by atoms with Gasteiger partial charge < -0.3 is 10.6 Å². The van der Waals surface area contributed by atoms with E-state index in [2.05, 4.69) is 17.6 Å². The molecule has 0 aromatic rings. The first-order valence-corrected chi connectivity index (χ1v) is 7.72. The van der Waals surface area contributed by atoms with Crippen molar-refractivity contribution in [2.24, 2.45) is 0 Å². The molecule has 18 heavy (non-hydrogen) atoms. The zero-order valence-corrected chi connectivity index (χ0v) is 12.4. The van der Waals surface area contributed by atoms with Crippen molar-refractivity contribution in [2.45, 2.75) is 71.1 Å². The van der Waals surface area contributed by atoms with Crippen LogP contribution in [0.3, 0.4) is 0 Å². The Morgan fingerprint density at radius 1 is 0.833 bits per heavy atom. The molecule has 0 aliphatic heterocycles. The Morgan fingerprint density at radius 2 is 1.44 bits per heavy atom. The van der Waals surface area contributed by atoms with Gasteiger partial charge in [0.1, 0.15) is 0 Å². The van der Waals surface area contributed by atoms with Crippen LogP contribution in [0, 0.1) is 0 Å². The highest BCUT2D eigenvalue weighted by Gasteiger charge is 1.99. The van der Waals surface area contributed by atoms with Gasteiger partial charge in [-0.1, -0.05) is 51.9 Å². The summed E-state index contributed by atoms with van der Waals surface area (Å²) >= 11 is 0. The van der Waals surface area contributed by atoms with Gasteiger partial charge in [0.25, 0.3) is 0 Å². The van der Waals surface area contributed by atoms with Crippen LogP contribution in [-0.2, 0) is 4.79 Å². The van der Waals surface area contributed by atoms with Gasteiger partial charge in [-0.05, 0) is 26.4 Å². The lowest BCUT2D eigenvalue weighted by molar-refractivity contribution is -0.121. The third-order valence-corrected chi connectivity index (χ3v) is 3.18. The van der Waals surface area contributed by atoms with E-state index in [1.807, 2.05) is 7.05 Å². The monoisotopic (exact) mass is 256 g/mol. The molecular formula is C15H32N2O. The second-order valence-electron chi connectivity index (χ2n) is 5.03. The van der Waals surface area contributed by atoms with E-state index in [9.17, 15) is 4.79 Å². The normalized spacial score (nSPS) is 10.6. The molecule has 0 heterocycles. The summed E-state index contributed by atoms with van der Waals surface area (Å²) in [4.78, 5) is 11.4. The lowest BCUT2D eigenvalue weighted by Gasteiger charge is -2.05. The Morgan fingerprint density at radius 3 is 2.06 bits per heavy atom. The Bertz CT molecular complexity index is 183. The molecule has 0 unspecified atom stereocenters. The van der Waals surface area contributed by atoms with E-state index >= 15 is 0 Å². The molecule has 108 valence electrons. The molecule has 0 bridgehead atoms. The van der Waals surface area contributed by atoms with Gasteiger partial charge in [-0.15, -0.1) is 0 Å². The van der Waals surface area contributed by atoms with Crippen LogP contribution in [0.4, 0.5) is 0 Å². The molecule has 1 amide bonds. The van der Waals surface area contributed by atoms with Gasteiger partial charge in [0.15, 0.2) is 0 Å². The van der Waals surface area contributed by atoms with Crippen molar-refractivity contribution < 1.29 is 4.79 Å². The minimum Gasteiger partial charge on any atom is -0.356 e. The number of nitrogens with one attached hydrogen (secondary N) is 2. The molecule has 0 spiro atoms. The van der Waals surface area contributed by atoms with E-state index in [0.717, 1.165) is 25.9 Å². The first kappa shape index (κ1) is 17.4. The van der Waals surface area contributed by atoms with Crippen LogP contribution in [0.15, 0.2) is 0 Å². The summed E-state index contributed by atoms with van der Waals surface area (Å²) in [5.41, 5.74) is 0. The predicted octanol–water partition coefficient (Wildman–Crippen LogP) is 3.24. The van der Waals surface area contributed by atoms with Crippen LogP contribution in [0.2, 0.25) is 0 Å². The molecule has 0 rings (SSSR count). The number of hydrogen-bond acceptors (Lipinski definition) is 2. The molecule has 2 N–H and O–H groups in total. The number of amides is 1. The maximum Gasteiger partial charge on any atom is 0.220 e. The predicted molar refractivity (Wildman–Crippen MR) is 78.8 cm³/mol. The van der Waals surface area contributed by atoms with Crippen LogP contribution in [0.5, 0.6) is 0 Å². The summed E-state index contributed by atoms with van der Waals surface area (Å²) in [7, 11) is 1.92. The van der Waals surface area contributed by atoms with Crippen molar-refractivity contribution in [1.82, 2.24) is 10.6 Å². The van der Waals surface area contributed by atoms with E-state index < -0.39 is 0 Å². The number of carbonyl (C=O) groups excluding carboxylic acids is 1. The van der Waals surface area contributed by atoms with E-state index in [-0.39, 0.29) is 5.91 Å². The highest BCUT2D eigenvalue weighted by molar-refractivity contribution is 5.75. The molecule has 0 aliphatic carbocycles. The smallest absolute Gasteiger partial charge is 0.220 e. The van der Waals surface area contributed by atoms with E-state index in [4.69, 9.17) is 0 Å². The molecule has 0 fully saturated rings. The average Bonchev–Trinajstić information content (AvgIpc) is 2.37. The van der Waals surface area contributed by atoms with Crippen molar-refractivity contribution in [1.29, 1.82) is 0 Å². The zero-order chi connectivity index (χ0) is 13.5. The molecule has 0 aliphatic rings. The van der Waals surface area contributed by atoms with Gasteiger partial charge in [0, 0.05) is 13.0 Å². The fourth-order valence-electron chi connectivity index (χ4n) is 2.00. The Hall–Kier alpha value is -0.570. The van der Waals surface area contributed by atoms with E-state index in [0.29, 0.717) is 6.42 Å². The van der Waals surface area contributed by atoms with Crippen molar-refractivity contribution in [3.8, 4) is 0 Å². The van der Waals surface area contributed by atoms with Gasteiger partial charge >= 0.3 is 0 Å². The summed E-state index contributed by atoms with van der Waals surface area (Å²) in [5, 5.41) is 6.03. The minimum atomic E-state index is 0.202. The number of carbonyl (C=O) groups is 1. The molecule has 3 heteroatoms. The zero-order valence-electron chi connectivity index (χ0n) is 12.4. The molecule has 0 saturated carbocycles. The first-order valence-electron chi connectivity index (χ1n) is 7.72. The topological polar surface area (TPSA) is 41.1 Å². The standard InChI is InChI=1S/C15H32N2O/c1-3-4-5-6-7-8-9-10-14-17-15(18)12-11-13-16-2/h16H,3-14H2,1-2H3,(H,17,18). The lowest BCUT2D eigenvalue weighted by Crippen LogP contribution is -2.25. The molecule has 0 aromatic carbocycles. The van der Waals surface area contributed by atoms with Crippen LogP contribution in [0.1, 0.15) is 71.1 Å². The minimum absolute atomic E-state index is 0.202. The fraction of sp³-hybridized carbons (Fsp3) is 0.933. The van der Waals surface area contributed by atoms with Gasteiger partial charge in [-0.25, -0.2) is 0 Å². The third-order valence-electron chi connectivity index (χ3n) is 3.18. The summed E-state index contributed by atoms with van der Waals surface area (Å²) in [6.07, 6.45) is 12.1. The maximum absolute atomic E-state index is 11.4. The van der Waals surface area contributed by atoms with Crippen LogP contribution < -0.4 is 10.6 Å². The largest absolute Gasteiger partial charge is 0.356 e. The molecular weight excluding hydrogens is 224 g/mol. The summed E-state index contributed by atoms with van der Waals surface area (Å²) in [5.74, 6) is 0.202. The Balaban J connectivity index is 3.08. The Kier molecular flexibility index (Phi) is 14.0. The quantitative estimate of drug-likeness (QED) is 0.497. The van der Waals surface area contributed by atoms with Crippen molar-refractivity contribution in [3.63, 3.8) is 0 Å². The summed E-state index contributed by atoms with van der Waals surface area (Å²) < 4.78 is 0. The average molecular weight is 256 g/mol. The van der Waals surface area contributed by atoms with Crippen molar-refractivity contribution in [3.05, 3.63) is 0 Å². The molecule has 0 atom stereocenters. The summed E-state index contributed by atoms with van der Waals surface area (Å²) in [6, 6.07) is 0. The highest BCUT2D eigenvalue weighted by atomic mass is 16.1. The Labute approximate surface area is 113 Å². The maximum atomic E-state index is 11.4. The third kappa shape index (κ3) is 13.5. The molecule has 0 aromatic heterocycles. The number of rotatable bonds is 13. The van der Waals surface area contributed by atoms with Gasteiger partial charge in [-0.3, -0.25) is 4.79 Å². The van der Waals surface area contributed by atoms with Gasteiger partial charge in [0.2, 0.25) is 5.91 Å². The van der Waals surface area contributed by atoms with Gasteiger partial charge in [0.05, 0.1) is 0 Å². The van der Waals surface area contributed by atoms with Gasteiger partial charge in [-0.2, -0.15) is 0 Å². The van der Waals surface area contributed by atoms with E-state index in [1.54, 1.807) is 0 Å². The van der Waals surface area contributed by atoms with Crippen LogP contribution in [-0.4, -0.2) is 26.0 Å². The number of hydrogen-bond donors (Lipinski definition) is 2. The molecule has 0 radical (unpaired) electrons. The fourth-order valence-corrected chi connectivity index (χ4v) is 2.00. The van der Waals surface area contributed by atoms with Crippen molar-refractivity contribution in [2.75, 3.05) is 20.1 Å². The van der Waals surface area contributed by atoms with Crippen LogP contribution in [0.25, 0.3) is 0 Å². The number of unbranched alkanes of at least 4 members (excludes halogenated alkanes) is 7. The second-order valence-corrected chi connectivity index (χ2v) is 5.03. The lowest BCUT2D eigenvalue weighted by atomic mass is 10.1. The molecule has 0 saturated heterocycles. The SMILES string of the molecule is CCCCCCCCCCNC(=O)CCCNC. The second kappa shape index (κ2) is 14.5. The van der Waals surface area contributed by atoms with E-state index in [1.165, 1.54) is 44.9 Å². The first-order chi connectivity index (χ1) is 8.81.